The summed E-state index contributed by atoms with van der Waals surface area (Å²) in [7, 11) is 0. The topological polar surface area (TPSA) is 54.7 Å². The first-order valence-electron chi connectivity index (χ1n) is 4.49. The van der Waals surface area contributed by atoms with Crippen LogP contribution in [-0.4, -0.2) is 9.97 Å². The summed E-state index contributed by atoms with van der Waals surface area (Å²) >= 11 is 8.92. The lowest BCUT2D eigenvalue weighted by atomic mass is 10.1. The van der Waals surface area contributed by atoms with Crippen molar-refractivity contribution in [3.05, 3.63) is 51.2 Å². The number of nitrogens with zero attached hydrogens (tertiary/aromatic N) is 1. The normalized spacial score (nSPS) is 12.8. The van der Waals surface area contributed by atoms with Crippen molar-refractivity contribution < 1.29 is 4.39 Å². The van der Waals surface area contributed by atoms with Gasteiger partial charge in [-0.3, -0.25) is 0 Å². The van der Waals surface area contributed by atoms with Crippen molar-refractivity contribution in [1.29, 1.82) is 0 Å². The Morgan fingerprint density at radius 1 is 1.50 bits per heavy atom. The van der Waals surface area contributed by atoms with Gasteiger partial charge in [0.2, 0.25) is 0 Å². The third-order valence-corrected chi connectivity index (χ3v) is 2.85. The van der Waals surface area contributed by atoms with Gasteiger partial charge in [0.05, 0.1) is 17.3 Å². The number of halogens is 3. The lowest BCUT2D eigenvalue weighted by Gasteiger charge is -2.09. The van der Waals surface area contributed by atoms with E-state index in [0.717, 1.165) is 4.60 Å². The van der Waals surface area contributed by atoms with Gasteiger partial charge in [0.15, 0.2) is 0 Å². The van der Waals surface area contributed by atoms with E-state index in [-0.39, 0.29) is 5.02 Å². The second-order valence-corrected chi connectivity index (χ2v) is 4.53. The van der Waals surface area contributed by atoms with Crippen LogP contribution in [0.5, 0.6) is 0 Å². The van der Waals surface area contributed by atoms with Gasteiger partial charge in [-0.15, -0.1) is 0 Å². The molecule has 84 valence electrons. The molecule has 6 heteroatoms. The van der Waals surface area contributed by atoms with Crippen LogP contribution in [0.1, 0.15) is 17.4 Å². The van der Waals surface area contributed by atoms with Crippen molar-refractivity contribution in [2.24, 2.45) is 5.73 Å². The second-order valence-electron chi connectivity index (χ2n) is 3.27. The molecule has 0 saturated heterocycles. The van der Waals surface area contributed by atoms with Crippen molar-refractivity contribution in [2.45, 2.75) is 6.04 Å². The number of nitrogens with two attached hydrogens (primary N) is 1. The van der Waals surface area contributed by atoms with Gasteiger partial charge in [-0.05, 0) is 33.6 Å². The molecule has 1 aromatic heterocycles. The minimum Gasteiger partial charge on any atom is -0.335 e. The SMILES string of the molecule is NC(c1ccc(F)c(Cl)c1)c1ncc(Br)[nH]1. The van der Waals surface area contributed by atoms with Gasteiger partial charge < -0.3 is 10.7 Å². The smallest absolute Gasteiger partial charge is 0.141 e. The third-order valence-electron chi connectivity index (χ3n) is 2.16. The highest BCUT2D eigenvalue weighted by Crippen LogP contribution is 2.23. The summed E-state index contributed by atoms with van der Waals surface area (Å²) in [5.41, 5.74) is 6.66. The lowest BCUT2D eigenvalue weighted by molar-refractivity contribution is 0.626. The lowest BCUT2D eigenvalue weighted by Crippen LogP contribution is -2.13. The second kappa shape index (κ2) is 4.53. The number of benzene rings is 1. The number of H-pyrrole nitrogens is 1. The molecular formula is C10H8BrClFN3. The first-order chi connectivity index (χ1) is 7.58. The highest BCUT2D eigenvalue weighted by atomic mass is 79.9. The molecule has 1 heterocycles. The zero-order valence-corrected chi connectivity index (χ0v) is 10.4. The molecule has 0 saturated carbocycles. The van der Waals surface area contributed by atoms with Crippen LogP contribution in [0.25, 0.3) is 0 Å². The van der Waals surface area contributed by atoms with Gasteiger partial charge in [0.1, 0.15) is 16.2 Å². The van der Waals surface area contributed by atoms with E-state index in [1.165, 1.54) is 12.1 Å². The molecule has 2 aromatic rings. The number of aromatic nitrogens is 2. The van der Waals surface area contributed by atoms with Gasteiger partial charge in [0.25, 0.3) is 0 Å². The van der Waals surface area contributed by atoms with Gasteiger partial charge in [0, 0.05) is 0 Å². The molecule has 0 amide bonds. The third kappa shape index (κ3) is 2.26. The van der Waals surface area contributed by atoms with Crippen LogP contribution < -0.4 is 5.73 Å². The number of aromatic amines is 1. The number of imidazole rings is 1. The van der Waals surface area contributed by atoms with Crippen molar-refractivity contribution in [3.63, 3.8) is 0 Å². The summed E-state index contributed by atoms with van der Waals surface area (Å²) in [5.74, 6) is 0.132. The Bertz CT molecular complexity index is 515. The largest absolute Gasteiger partial charge is 0.335 e. The Morgan fingerprint density at radius 3 is 2.81 bits per heavy atom. The van der Waals surface area contributed by atoms with Crippen molar-refractivity contribution in [3.8, 4) is 0 Å². The molecule has 1 atom stereocenters. The summed E-state index contributed by atoms with van der Waals surface area (Å²) < 4.78 is 13.7. The zero-order chi connectivity index (χ0) is 11.7. The summed E-state index contributed by atoms with van der Waals surface area (Å²) in [4.78, 5) is 7.03. The highest BCUT2D eigenvalue weighted by Gasteiger charge is 2.13. The van der Waals surface area contributed by atoms with E-state index in [0.29, 0.717) is 11.4 Å². The summed E-state index contributed by atoms with van der Waals surface area (Å²) in [6.45, 7) is 0. The van der Waals surface area contributed by atoms with E-state index in [4.69, 9.17) is 17.3 Å². The van der Waals surface area contributed by atoms with Crippen molar-refractivity contribution in [1.82, 2.24) is 9.97 Å². The fourth-order valence-corrected chi connectivity index (χ4v) is 1.83. The Kier molecular flexibility index (Phi) is 3.28. The fourth-order valence-electron chi connectivity index (χ4n) is 1.33. The molecule has 0 aliphatic heterocycles. The Balaban J connectivity index is 2.33. The Morgan fingerprint density at radius 2 is 2.25 bits per heavy atom. The molecular weight excluding hydrogens is 296 g/mol. The van der Waals surface area contributed by atoms with E-state index < -0.39 is 11.9 Å². The van der Waals surface area contributed by atoms with Crippen LogP contribution in [0.2, 0.25) is 5.02 Å². The molecule has 0 aliphatic rings. The van der Waals surface area contributed by atoms with Gasteiger partial charge in [-0.25, -0.2) is 9.37 Å². The predicted molar refractivity (Wildman–Crippen MR) is 63.7 cm³/mol. The minimum absolute atomic E-state index is 0.0542. The average molecular weight is 305 g/mol. The monoisotopic (exact) mass is 303 g/mol. The summed E-state index contributed by atoms with van der Waals surface area (Å²) in [6.07, 6.45) is 1.61. The molecule has 1 unspecified atom stereocenters. The number of nitrogens with one attached hydrogen (secondary N) is 1. The zero-order valence-electron chi connectivity index (χ0n) is 8.05. The van der Waals surface area contributed by atoms with Crippen LogP contribution >= 0.6 is 27.5 Å². The molecule has 0 aliphatic carbocycles. The summed E-state index contributed by atoms with van der Waals surface area (Å²) in [5, 5.41) is 0.0542. The maximum Gasteiger partial charge on any atom is 0.141 e. The molecule has 16 heavy (non-hydrogen) atoms. The van der Waals surface area contributed by atoms with Crippen LogP contribution in [0.15, 0.2) is 29.0 Å². The summed E-state index contributed by atoms with van der Waals surface area (Å²) in [6, 6.07) is 3.92. The maximum atomic E-state index is 13.0. The Hall–Kier alpha value is -0.910. The first kappa shape index (κ1) is 11.6. The maximum absolute atomic E-state index is 13.0. The van der Waals surface area contributed by atoms with Crippen LogP contribution in [0, 0.1) is 5.82 Å². The predicted octanol–water partition coefficient (Wildman–Crippen LogP) is 3.01. The quantitative estimate of drug-likeness (QED) is 0.896. The highest BCUT2D eigenvalue weighted by molar-refractivity contribution is 9.10. The van der Waals surface area contributed by atoms with E-state index in [2.05, 4.69) is 25.9 Å². The van der Waals surface area contributed by atoms with Crippen LogP contribution in [0.3, 0.4) is 0 Å². The van der Waals surface area contributed by atoms with E-state index in [1.807, 2.05) is 0 Å². The fraction of sp³-hybridized carbons (Fsp3) is 0.100. The van der Waals surface area contributed by atoms with Gasteiger partial charge in [-0.2, -0.15) is 0 Å². The molecule has 3 nitrogen and oxygen atoms in total. The number of hydrogen-bond donors (Lipinski definition) is 2. The van der Waals surface area contributed by atoms with E-state index in [1.54, 1.807) is 12.3 Å². The van der Waals surface area contributed by atoms with Crippen molar-refractivity contribution in [2.75, 3.05) is 0 Å². The molecule has 0 spiro atoms. The number of hydrogen-bond acceptors (Lipinski definition) is 2. The first-order valence-corrected chi connectivity index (χ1v) is 5.66. The van der Waals surface area contributed by atoms with E-state index >= 15 is 0 Å². The Labute approximate surface area is 105 Å². The molecule has 2 rings (SSSR count). The number of rotatable bonds is 2. The minimum atomic E-state index is -0.460. The van der Waals surface area contributed by atoms with E-state index in [9.17, 15) is 4.39 Å². The van der Waals surface area contributed by atoms with Gasteiger partial charge >= 0.3 is 0 Å². The van der Waals surface area contributed by atoms with Crippen LogP contribution in [-0.2, 0) is 0 Å². The molecule has 0 fully saturated rings. The molecule has 0 radical (unpaired) electrons. The molecule has 0 bridgehead atoms. The molecule has 1 aromatic carbocycles. The van der Waals surface area contributed by atoms with Crippen LogP contribution in [0.4, 0.5) is 4.39 Å². The van der Waals surface area contributed by atoms with Gasteiger partial charge in [-0.1, -0.05) is 17.7 Å². The average Bonchev–Trinajstić information content (AvgIpc) is 2.68. The standard InChI is InChI=1S/C10H8BrClFN3/c11-8-4-15-10(16-8)9(14)5-1-2-7(13)6(12)3-5/h1-4,9H,14H2,(H,15,16). The molecule has 3 N–H and O–H groups in total. The van der Waals surface area contributed by atoms with Crippen molar-refractivity contribution >= 4 is 27.5 Å².